The predicted molar refractivity (Wildman–Crippen MR) is 51.0 cm³/mol. The Bertz CT molecular complexity index is 363. The summed E-state index contributed by atoms with van der Waals surface area (Å²) in [6.07, 6.45) is 0. The molecular weight excluding hydrogens is 294 g/mol. The van der Waals surface area contributed by atoms with Crippen molar-refractivity contribution in [2.45, 2.75) is 11.4 Å². The Labute approximate surface area is 108 Å². The fourth-order valence-electron chi connectivity index (χ4n) is 1.19. The van der Waals surface area contributed by atoms with Crippen LogP contribution in [0.1, 0.15) is 0 Å². The highest BCUT2D eigenvalue weighted by molar-refractivity contribution is 4.94. The van der Waals surface area contributed by atoms with Crippen molar-refractivity contribution in [1.82, 2.24) is 0 Å². The van der Waals surface area contributed by atoms with Crippen molar-refractivity contribution < 1.29 is 45.1 Å². The molecule has 0 aromatic rings. The third-order valence-corrected chi connectivity index (χ3v) is 2.11. The average Bonchev–Trinajstić information content (AvgIpc) is 2.33. The lowest BCUT2D eigenvalue weighted by molar-refractivity contribution is -0.897. The Morgan fingerprint density at radius 1 is 0.750 bits per heavy atom. The highest BCUT2D eigenvalue weighted by Crippen LogP contribution is 2.31. The molecule has 0 heterocycles. The molecule has 0 bridgehead atoms. The lowest BCUT2D eigenvalue weighted by Gasteiger charge is -2.40. The first kappa shape index (κ1) is 17.5. The van der Waals surface area contributed by atoms with Crippen LogP contribution in [0.2, 0.25) is 0 Å². The third-order valence-electron chi connectivity index (χ3n) is 2.11. The maximum atomic E-state index is 10.3. The SMILES string of the molecule is O=[N+]([O-])OC(CO)(CO)C(CO)(O[N+](=O)[O-])O[N+](=O)[O-]. The van der Waals surface area contributed by atoms with Gasteiger partial charge in [0.2, 0.25) is 5.60 Å². The molecule has 0 saturated heterocycles. The summed E-state index contributed by atoms with van der Waals surface area (Å²) in [4.78, 5) is 42.1. The van der Waals surface area contributed by atoms with Crippen LogP contribution in [0.15, 0.2) is 0 Å². The van der Waals surface area contributed by atoms with E-state index in [1.807, 2.05) is 0 Å². The second-order valence-electron chi connectivity index (χ2n) is 3.17. The minimum atomic E-state index is -3.48. The Morgan fingerprint density at radius 2 is 1.10 bits per heavy atom. The molecule has 15 heteroatoms. The quantitative estimate of drug-likeness (QED) is 0.209. The first-order chi connectivity index (χ1) is 9.18. The zero-order chi connectivity index (χ0) is 16.0. The smallest absolute Gasteiger partial charge is 0.319 e. The lowest BCUT2D eigenvalue weighted by atomic mass is 9.95. The van der Waals surface area contributed by atoms with Crippen molar-refractivity contribution >= 4 is 0 Å². The molecule has 0 aromatic carbocycles. The van der Waals surface area contributed by atoms with Gasteiger partial charge in [-0.2, -0.15) is 0 Å². The van der Waals surface area contributed by atoms with E-state index in [1.165, 1.54) is 0 Å². The molecule has 0 aromatic heterocycles. The average molecular weight is 303 g/mol. The van der Waals surface area contributed by atoms with Gasteiger partial charge in [0.25, 0.3) is 15.3 Å². The molecule has 0 aliphatic rings. The van der Waals surface area contributed by atoms with E-state index in [4.69, 9.17) is 15.3 Å². The molecule has 0 fully saturated rings. The Hall–Kier alpha value is -2.52. The van der Waals surface area contributed by atoms with Gasteiger partial charge in [-0.25, -0.2) is 0 Å². The van der Waals surface area contributed by atoms with Gasteiger partial charge >= 0.3 is 5.79 Å². The molecule has 0 saturated carbocycles. The van der Waals surface area contributed by atoms with Gasteiger partial charge in [-0.1, -0.05) is 0 Å². The van der Waals surface area contributed by atoms with E-state index in [2.05, 4.69) is 14.5 Å². The van der Waals surface area contributed by atoms with E-state index in [1.54, 1.807) is 0 Å². The van der Waals surface area contributed by atoms with Crippen molar-refractivity contribution in [1.29, 1.82) is 0 Å². The molecule has 0 unspecified atom stereocenters. The van der Waals surface area contributed by atoms with Crippen molar-refractivity contribution in [3.8, 4) is 0 Å². The van der Waals surface area contributed by atoms with Crippen LogP contribution in [-0.2, 0) is 14.5 Å². The second kappa shape index (κ2) is 6.59. The molecule has 0 amide bonds. The maximum absolute atomic E-state index is 10.3. The molecule has 0 aliphatic carbocycles. The van der Waals surface area contributed by atoms with Gasteiger partial charge in [-0.05, 0) is 0 Å². The second-order valence-corrected chi connectivity index (χ2v) is 3.17. The molecule has 0 aliphatic heterocycles. The van der Waals surface area contributed by atoms with Crippen LogP contribution in [0.4, 0.5) is 0 Å². The van der Waals surface area contributed by atoms with Gasteiger partial charge in [0.05, 0.1) is 13.2 Å². The van der Waals surface area contributed by atoms with Gasteiger partial charge in [0.1, 0.15) is 6.61 Å². The van der Waals surface area contributed by atoms with Crippen molar-refractivity contribution in [3.63, 3.8) is 0 Å². The fraction of sp³-hybridized carbons (Fsp3) is 1.00. The Morgan fingerprint density at radius 3 is 1.30 bits per heavy atom. The Kier molecular flexibility index (Phi) is 5.76. The molecule has 20 heavy (non-hydrogen) atoms. The van der Waals surface area contributed by atoms with E-state index in [-0.39, 0.29) is 0 Å². The maximum Gasteiger partial charge on any atom is 0.319 e. The van der Waals surface area contributed by atoms with Crippen molar-refractivity contribution in [2.75, 3.05) is 19.8 Å². The number of aliphatic hydroxyl groups is 3. The first-order valence-electron chi connectivity index (χ1n) is 4.51. The van der Waals surface area contributed by atoms with Crippen LogP contribution >= 0.6 is 0 Å². The minimum Gasteiger partial charge on any atom is -0.393 e. The fourth-order valence-corrected chi connectivity index (χ4v) is 1.19. The molecule has 0 radical (unpaired) electrons. The van der Waals surface area contributed by atoms with E-state index in [9.17, 15) is 30.3 Å². The number of hydrogen-bond donors (Lipinski definition) is 3. The number of hydrogen-bond acceptors (Lipinski definition) is 12. The van der Waals surface area contributed by atoms with Gasteiger partial charge in [-0.3, -0.25) is 14.5 Å². The molecular formula is C5H9N3O12. The van der Waals surface area contributed by atoms with Crippen LogP contribution in [0.5, 0.6) is 0 Å². The molecule has 0 rings (SSSR count). The molecule has 0 spiro atoms. The van der Waals surface area contributed by atoms with E-state index in [0.29, 0.717) is 0 Å². The van der Waals surface area contributed by atoms with Crippen LogP contribution in [-0.4, -0.2) is 61.8 Å². The number of aliphatic hydroxyl groups excluding tert-OH is 3. The van der Waals surface area contributed by atoms with E-state index < -0.39 is 46.5 Å². The summed E-state index contributed by atoms with van der Waals surface area (Å²) >= 11 is 0. The van der Waals surface area contributed by atoms with Crippen LogP contribution in [0, 0.1) is 30.3 Å². The topological polar surface area (TPSA) is 218 Å². The largest absolute Gasteiger partial charge is 0.393 e. The van der Waals surface area contributed by atoms with Gasteiger partial charge < -0.3 is 15.3 Å². The third kappa shape index (κ3) is 3.49. The van der Waals surface area contributed by atoms with Crippen molar-refractivity contribution in [2.24, 2.45) is 0 Å². The predicted octanol–water partition coefficient (Wildman–Crippen LogP) is -2.98. The zero-order valence-corrected chi connectivity index (χ0v) is 9.48. The molecule has 3 N–H and O–H groups in total. The summed E-state index contributed by atoms with van der Waals surface area (Å²) in [5, 5.41) is 52.9. The van der Waals surface area contributed by atoms with Crippen LogP contribution in [0.25, 0.3) is 0 Å². The summed E-state index contributed by atoms with van der Waals surface area (Å²) in [6.45, 7) is -4.91. The highest BCUT2D eigenvalue weighted by atomic mass is 17.1. The summed E-state index contributed by atoms with van der Waals surface area (Å²) < 4.78 is 0. The monoisotopic (exact) mass is 303 g/mol. The van der Waals surface area contributed by atoms with Crippen LogP contribution in [0.3, 0.4) is 0 Å². The summed E-state index contributed by atoms with van der Waals surface area (Å²) in [5.41, 5.74) is -3.13. The summed E-state index contributed by atoms with van der Waals surface area (Å²) in [5.74, 6) is -3.48. The Balaban J connectivity index is 5.88. The summed E-state index contributed by atoms with van der Waals surface area (Å²) in [6, 6.07) is 0. The minimum absolute atomic E-state index is 1.59. The zero-order valence-electron chi connectivity index (χ0n) is 9.48. The highest BCUT2D eigenvalue weighted by Gasteiger charge is 2.61. The lowest BCUT2D eigenvalue weighted by Crippen LogP contribution is -2.67. The summed E-state index contributed by atoms with van der Waals surface area (Å²) in [7, 11) is 0. The first-order valence-corrected chi connectivity index (χ1v) is 4.51. The number of nitrogens with zero attached hydrogens (tertiary/aromatic N) is 3. The van der Waals surface area contributed by atoms with Crippen molar-refractivity contribution in [3.05, 3.63) is 30.3 Å². The van der Waals surface area contributed by atoms with E-state index >= 15 is 0 Å². The van der Waals surface area contributed by atoms with Gasteiger partial charge in [-0.15, -0.1) is 30.3 Å². The number of rotatable bonds is 10. The van der Waals surface area contributed by atoms with E-state index in [0.717, 1.165) is 0 Å². The van der Waals surface area contributed by atoms with Crippen LogP contribution < -0.4 is 0 Å². The van der Waals surface area contributed by atoms with Gasteiger partial charge in [0, 0.05) is 0 Å². The normalized spacial score (nSPS) is 11.6. The standard InChI is InChI=1S/C5H9N3O12/c9-1-4(2-10,18-6(12)13)5(3-11,19-7(14)15)20-8(16)17/h9-11H,1-3H2. The van der Waals surface area contributed by atoms with Gasteiger partial charge in [0.15, 0.2) is 0 Å². The molecule has 15 nitrogen and oxygen atoms in total. The molecule has 116 valence electrons. The molecule has 0 atom stereocenters.